The van der Waals surface area contributed by atoms with Crippen molar-refractivity contribution < 1.29 is 0 Å². The van der Waals surface area contributed by atoms with Gasteiger partial charge in [-0.2, -0.15) is 5.10 Å². The summed E-state index contributed by atoms with van der Waals surface area (Å²) in [5, 5.41) is 8.96. The van der Waals surface area contributed by atoms with Gasteiger partial charge in [-0.15, -0.1) is 0 Å². The molecule has 0 aromatic carbocycles. The third-order valence-electron chi connectivity index (χ3n) is 4.93. The second kappa shape index (κ2) is 6.24. The first kappa shape index (κ1) is 15.3. The average molecular weight is 312 g/mol. The molecule has 2 atom stereocenters. The Hall–Kier alpha value is -0.620. The maximum Gasteiger partial charge on any atom is 0.0847 e. The van der Waals surface area contributed by atoms with Crippen molar-refractivity contribution in [2.75, 3.05) is 39.3 Å². The van der Waals surface area contributed by atoms with Gasteiger partial charge in [0, 0.05) is 58.3 Å². The first-order valence-corrected chi connectivity index (χ1v) is 8.35. The minimum absolute atomic E-state index is 0.436. The minimum atomic E-state index is 0.436. The number of nitrogens with zero attached hydrogens (tertiary/aromatic N) is 4. The molecule has 1 aromatic heterocycles. The molecule has 0 amide bonds. The molecule has 4 heterocycles. The third-order valence-corrected chi connectivity index (χ3v) is 5.42. The van der Waals surface area contributed by atoms with Crippen LogP contribution in [-0.4, -0.2) is 70.9 Å². The van der Waals surface area contributed by atoms with Crippen LogP contribution in [0.5, 0.6) is 0 Å². The molecule has 5 nitrogen and oxygen atoms in total. The molecular weight excluding hydrogens is 286 g/mol. The molecule has 1 aromatic rings. The van der Waals surface area contributed by atoms with Crippen LogP contribution in [-0.2, 0) is 13.5 Å². The first-order valence-electron chi connectivity index (χ1n) is 7.98. The second-order valence-electron chi connectivity index (χ2n) is 6.24. The van der Waals surface area contributed by atoms with E-state index < -0.39 is 0 Å². The topological polar surface area (TPSA) is 36.3 Å². The lowest BCUT2D eigenvalue weighted by Crippen LogP contribution is -2.66. The van der Waals surface area contributed by atoms with Gasteiger partial charge < -0.3 is 5.32 Å². The van der Waals surface area contributed by atoms with E-state index in [-0.39, 0.29) is 0 Å². The molecule has 118 valence electrons. The van der Waals surface area contributed by atoms with Gasteiger partial charge in [0.2, 0.25) is 0 Å². The molecule has 21 heavy (non-hydrogen) atoms. The summed E-state index contributed by atoms with van der Waals surface area (Å²) in [7, 11) is 1.99. The molecule has 6 heteroatoms. The van der Waals surface area contributed by atoms with Gasteiger partial charge in [0.05, 0.1) is 16.4 Å². The normalized spacial score (nSPS) is 29.8. The first-order chi connectivity index (χ1) is 10.1. The Kier molecular flexibility index (Phi) is 4.54. The molecule has 0 radical (unpaired) electrons. The van der Waals surface area contributed by atoms with E-state index in [1.54, 1.807) is 0 Å². The molecule has 2 unspecified atom stereocenters. The predicted molar refractivity (Wildman–Crippen MR) is 85.9 cm³/mol. The molecule has 0 spiro atoms. The second-order valence-corrected chi connectivity index (χ2v) is 6.62. The van der Waals surface area contributed by atoms with E-state index in [0.29, 0.717) is 12.1 Å². The third kappa shape index (κ3) is 2.97. The number of aryl methyl sites for hydroxylation is 2. The number of hydrogen-bond donors (Lipinski definition) is 1. The zero-order valence-corrected chi connectivity index (χ0v) is 14.0. The lowest BCUT2D eigenvalue weighted by atomic mass is 9.96. The molecule has 4 rings (SSSR count). The monoisotopic (exact) mass is 311 g/mol. The molecule has 1 N–H and O–H groups in total. The molecule has 3 aliphatic rings. The van der Waals surface area contributed by atoms with E-state index in [0.717, 1.165) is 29.4 Å². The molecular formula is C15H26ClN5. The number of aromatic nitrogens is 2. The van der Waals surface area contributed by atoms with Gasteiger partial charge >= 0.3 is 0 Å². The number of hydrogen-bond acceptors (Lipinski definition) is 4. The standard InChI is InChI=1S/C15H26ClN5/c1-4-17-12(9-13-15(16)11(2)18-19(13)3)14-10-20-5-7-21(14)8-6-20/h12,14,17H,4-10H2,1-3H3. The van der Waals surface area contributed by atoms with Crippen molar-refractivity contribution in [3.63, 3.8) is 0 Å². The highest BCUT2D eigenvalue weighted by Crippen LogP contribution is 2.25. The molecule has 3 fully saturated rings. The quantitative estimate of drug-likeness (QED) is 0.877. The van der Waals surface area contributed by atoms with Crippen molar-refractivity contribution in [1.82, 2.24) is 24.9 Å². The van der Waals surface area contributed by atoms with Crippen molar-refractivity contribution >= 4 is 11.6 Å². The summed E-state index contributed by atoms with van der Waals surface area (Å²) in [6, 6.07) is 1.02. The van der Waals surface area contributed by atoms with E-state index in [1.807, 2.05) is 18.7 Å². The van der Waals surface area contributed by atoms with E-state index in [2.05, 4.69) is 27.1 Å². The van der Waals surface area contributed by atoms with Crippen LogP contribution in [0.2, 0.25) is 5.02 Å². The smallest absolute Gasteiger partial charge is 0.0847 e. The zero-order chi connectivity index (χ0) is 15.0. The van der Waals surface area contributed by atoms with Crippen molar-refractivity contribution in [1.29, 1.82) is 0 Å². The van der Waals surface area contributed by atoms with Gasteiger partial charge in [-0.1, -0.05) is 18.5 Å². The number of piperazine rings is 3. The highest BCUT2D eigenvalue weighted by atomic mass is 35.5. The minimum Gasteiger partial charge on any atom is -0.312 e. The average Bonchev–Trinajstić information content (AvgIpc) is 2.74. The van der Waals surface area contributed by atoms with Crippen molar-refractivity contribution in [3.05, 3.63) is 16.4 Å². The summed E-state index contributed by atoms with van der Waals surface area (Å²) in [6.45, 7) is 11.2. The number of rotatable bonds is 5. The fraction of sp³-hybridized carbons (Fsp3) is 0.800. The molecule has 2 bridgehead atoms. The molecule has 0 saturated carbocycles. The van der Waals surface area contributed by atoms with Crippen molar-refractivity contribution in [2.24, 2.45) is 7.05 Å². The van der Waals surface area contributed by atoms with E-state index in [4.69, 9.17) is 11.6 Å². The van der Waals surface area contributed by atoms with Gasteiger partial charge in [0.15, 0.2) is 0 Å². The van der Waals surface area contributed by atoms with Gasteiger partial charge in [0.25, 0.3) is 0 Å². The lowest BCUT2D eigenvalue weighted by Gasteiger charge is -2.50. The SMILES string of the molecule is CCNC(Cc1c(Cl)c(C)nn1C)C1CN2CCN1CC2. The number of halogens is 1. The van der Waals surface area contributed by atoms with Crippen molar-refractivity contribution in [3.8, 4) is 0 Å². The number of fused-ring (bicyclic) bond motifs is 3. The lowest BCUT2D eigenvalue weighted by molar-refractivity contribution is -0.00312. The Morgan fingerprint density at radius 3 is 2.52 bits per heavy atom. The van der Waals surface area contributed by atoms with Crippen LogP contribution < -0.4 is 5.32 Å². The summed E-state index contributed by atoms with van der Waals surface area (Å²) in [5.74, 6) is 0. The van der Waals surface area contributed by atoms with Crippen LogP contribution in [0.15, 0.2) is 0 Å². The van der Waals surface area contributed by atoms with Gasteiger partial charge in [-0.3, -0.25) is 14.5 Å². The summed E-state index contributed by atoms with van der Waals surface area (Å²) in [5.41, 5.74) is 2.08. The van der Waals surface area contributed by atoms with Crippen LogP contribution in [0.25, 0.3) is 0 Å². The number of nitrogens with one attached hydrogen (secondary N) is 1. The Labute approximate surface area is 132 Å². The zero-order valence-electron chi connectivity index (χ0n) is 13.3. The van der Waals surface area contributed by atoms with Crippen LogP contribution in [0.3, 0.4) is 0 Å². The summed E-state index contributed by atoms with van der Waals surface area (Å²) in [4.78, 5) is 5.23. The summed E-state index contributed by atoms with van der Waals surface area (Å²) < 4.78 is 1.94. The highest BCUT2D eigenvalue weighted by Gasteiger charge is 2.37. The molecule has 3 aliphatic heterocycles. The largest absolute Gasteiger partial charge is 0.312 e. The van der Waals surface area contributed by atoms with E-state index >= 15 is 0 Å². The predicted octanol–water partition coefficient (Wildman–Crippen LogP) is 0.902. The summed E-state index contributed by atoms with van der Waals surface area (Å²) >= 11 is 6.44. The van der Waals surface area contributed by atoms with Crippen LogP contribution in [0.4, 0.5) is 0 Å². The fourth-order valence-corrected chi connectivity index (χ4v) is 3.99. The van der Waals surface area contributed by atoms with Gasteiger partial charge in [-0.05, 0) is 13.5 Å². The Balaban J connectivity index is 1.78. The molecule has 3 saturated heterocycles. The van der Waals surface area contributed by atoms with Crippen LogP contribution >= 0.6 is 11.6 Å². The summed E-state index contributed by atoms with van der Waals surface area (Å²) in [6.07, 6.45) is 0.943. The van der Waals surface area contributed by atoms with Crippen LogP contribution in [0.1, 0.15) is 18.3 Å². The Bertz CT molecular complexity index is 492. The number of likely N-dealkylation sites (N-methyl/N-ethyl adjacent to an activating group) is 1. The fourth-order valence-electron chi connectivity index (χ4n) is 3.76. The highest BCUT2D eigenvalue weighted by molar-refractivity contribution is 6.31. The Morgan fingerprint density at radius 2 is 2.05 bits per heavy atom. The van der Waals surface area contributed by atoms with Crippen LogP contribution in [0, 0.1) is 6.92 Å². The maximum atomic E-state index is 6.44. The van der Waals surface area contributed by atoms with E-state index in [9.17, 15) is 0 Å². The van der Waals surface area contributed by atoms with E-state index in [1.165, 1.54) is 32.7 Å². The van der Waals surface area contributed by atoms with Crippen molar-refractivity contribution in [2.45, 2.75) is 32.4 Å². The van der Waals surface area contributed by atoms with Gasteiger partial charge in [0.1, 0.15) is 0 Å². The Morgan fingerprint density at radius 1 is 1.33 bits per heavy atom. The molecule has 0 aliphatic carbocycles. The van der Waals surface area contributed by atoms with Gasteiger partial charge in [-0.25, -0.2) is 0 Å². The maximum absolute atomic E-state index is 6.44.